The first-order valence-electron chi connectivity index (χ1n) is 10.4. The Kier molecular flexibility index (Phi) is 11.0. The zero-order valence-corrected chi connectivity index (χ0v) is 18.4. The second-order valence-electron chi connectivity index (χ2n) is 7.01. The lowest BCUT2D eigenvalue weighted by atomic mass is 10.1. The number of aliphatic carboxylic acids is 2. The van der Waals surface area contributed by atoms with Crippen molar-refractivity contribution in [3.05, 3.63) is 114 Å². The molecule has 0 bridgehead atoms. The van der Waals surface area contributed by atoms with E-state index in [9.17, 15) is 14.4 Å². The van der Waals surface area contributed by atoms with Gasteiger partial charge in [0.25, 0.3) is 0 Å². The smallest absolute Gasteiger partial charge is 0.372 e. The highest BCUT2D eigenvalue weighted by molar-refractivity contribution is 6.36. The van der Waals surface area contributed by atoms with Crippen LogP contribution in [0, 0.1) is 0 Å². The fourth-order valence-electron chi connectivity index (χ4n) is 2.70. The minimum Gasteiger partial charge on any atom is -0.477 e. The van der Waals surface area contributed by atoms with Gasteiger partial charge in [-0.05, 0) is 22.8 Å². The summed E-state index contributed by atoms with van der Waals surface area (Å²) in [6, 6.07) is 27.9. The Bertz CT molecular complexity index is 1110. The first-order valence-corrected chi connectivity index (χ1v) is 10.4. The predicted octanol–water partition coefficient (Wildman–Crippen LogP) is 4.28. The quantitative estimate of drug-likeness (QED) is 0.202. The molecule has 0 fully saturated rings. The summed E-state index contributed by atoms with van der Waals surface area (Å²) < 4.78 is 0. The second-order valence-corrected chi connectivity index (χ2v) is 7.01. The van der Waals surface area contributed by atoms with Gasteiger partial charge in [-0.2, -0.15) is 0 Å². The zero-order chi connectivity index (χ0) is 24.6. The first-order chi connectivity index (χ1) is 16.5. The normalized spacial score (nSPS) is 10.8. The number of carbonyl (C=O) groups is 3. The number of benzene rings is 3. The number of rotatable bonds is 10. The van der Waals surface area contributed by atoms with Crippen LogP contribution in [0.1, 0.15) is 16.7 Å². The molecule has 0 aliphatic rings. The Labute approximate surface area is 197 Å². The number of nitrogens with zero attached hydrogens (tertiary/aromatic N) is 1. The Balaban J connectivity index is 0.000000287. The van der Waals surface area contributed by atoms with Crippen LogP contribution in [0.15, 0.2) is 102 Å². The van der Waals surface area contributed by atoms with Crippen molar-refractivity contribution in [3.8, 4) is 0 Å². The lowest BCUT2D eigenvalue weighted by Gasteiger charge is -2.02. The van der Waals surface area contributed by atoms with E-state index in [1.807, 2.05) is 72.8 Å². The van der Waals surface area contributed by atoms with E-state index in [1.54, 1.807) is 30.3 Å². The Hall–Kier alpha value is -4.52. The molecule has 0 aromatic heterocycles. The maximum atomic E-state index is 11.2. The van der Waals surface area contributed by atoms with Gasteiger partial charge in [0.1, 0.15) is 6.61 Å². The molecule has 0 amide bonds. The Morgan fingerprint density at radius 3 is 1.71 bits per heavy atom. The number of hydrogen-bond donors (Lipinski definition) is 2. The maximum Gasteiger partial charge on any atom is 0.372 e. The largest absolute Gasteiger partial charge is 0.477 e. The van der Waals surface area contributed by atoms with E-state index in [2.05, 4.69) is 5.16 Å². The standard InChI is InChI=1S/C18H17NO3.C9H8O3/c20-18(21)17(14-16-10-5-2-6-11-16)19-22-13-7-12-15-8-3-1-4-9-15;10-8(9(11)12)6-7-4-2-1-3-5-7/h1-12H,13-14H2,(H,20,21);1-5H,6H2,(H,11,12). The number of carboxylic acids is 2. The van der Waals surface area contributed by atoms with Crippen LogP contribution in [0.4, 0.5) is 0 Å². The number of hydrogen-bond acceptors (Lipinski definition) is 5. The van der Waals surface area contributed by atoms with Gasteiger partial charge in [-0.15, -0.1) is 0 Å². The summed E-state index contributed by atoms with van der Waals surface area (Å²) in [6.45, 7) is 0.223. The molecule has 34 heavy (non-hydrogen) atoms. The van der Waals surface area contributed by atoms with E-state index >= 15 is 0 Å². The molecule has 174 valence electrons. The zero-order valence-electron chi connectivity index (χ0n) is 18.4. The molecule has 7 nitrogen and oxygen atoms in total. The van der Waals surface area contributed by atoms with Crippen molar-refractivity contribution in [2.24, 2.45) is 5.16 Å². The fourth-order valence-corrected chi connectivity index (χ4v) is 2.70. The molecule has 3 aromatic carbocycles. The van der Waals surface area contributed by atoms with Gasteiger partial charge < -0.3 is 15.1 Å². The minimum atomic E-state index is -1.38. The van der Waals surface area contributed by atoms with Crippen LogP contribution in [-0.2, 0) is 32.1 Å². The van der Waals surface area contributed by atoms with Gasteiger partial charge in [0.2, 0.25) is 5.78 Å². The summed E-state index contributed by atoms with van der Waals surface area (Å²) in [5, 5.41) is 21.1. The highest BCUT2D eigenvalue weighted by Gasteiger charge is 2.11. The van der Waals surface area contributed by atoms with E-state index in [4.69, 9.17) is 15.1 Å². The first kappa shape index (κ1) is 25.7. The van der Waals surface area contributed by atoms with E-state index in [-0.39, 0.29) is 25.2 Å². The van der Waals surface area contributed by atoms with Crippen LogP contribution in [0.2, 0.25) is 0 Å². The van der Waals surface area contributed by atoms with Crippen LogP contribution in [0.25, 0.3) is 6.08 Å². The topological polar surface area (TPSA) is 113 Å². The van der Waals surface area contributed by atoms with Crippen LogP contribution in [0.3, 0.4) is 0 Å². The Morgan fingerprint density at radius 2 is 1.21 bits per heavy atom. The van der Waals surface area contributed by atoms with Crippen LogP contribution in [0.5, 0.6) is 0 Å². The Morgan fingerprint density at radius 1 is 0.706 bits per heavy atom. The molecule has 0 radical (unpaired) electrons. The molecule has 0 saturated carbocycles. The van der Waals surface area contributed by atoms with Gasteiger partial charge in [0, 0.05) is 12.8 Å². The third kappa shape index (κ3) is 10.2. The molecule has 7 heteroatoms. The molecule has 0 spiro atoms. The molecule has 2 N–H and O–H groups in total. The van der Waals surface area contributed by atoms with Gasteiger partial charge in [-0.3, -0.25) is 4.79 Å². The van der Waals surface area contributed by atoms with Crippen LogP contribution >= 0.6 is 0 Å². The van der Waals surface area contributed by atoms with Crippen molar-refractivity contribution in [2.45, 2.75) is 12.8 Å². The number of ketones is 1. The third-order valence-electron chi connectivity index (χ3n) is 4.36. The van der Waals surface area contributed by atoms with Crippen LogP contribution in [-0.4, -0.2) is 40.3 Å². The van der Waals surface area contributed by atoms with Crippen molar-refractivity contribution in [1.29, 1.82) is 0 Å². The summed E-state index contributed by atoms with van der Waals surface area (Å²) in [7, 11) is 0. The predicted molar refractivity (Wildman–Crippen MR) is 129 cm³/mol. The lowest BCUT2D eigenvalue weighted by Crippen LogP contribution is -2.16. The number of carbonyl (C=O) groups excluding carboxylic acids is 1. The minimum absolute atomic E-state index is 0.0145. The third-order valence-corrected chi connectivity index (χ3v) is 4.36. The van der Waals surface area contributed by atoms with Gasteiger partial charge in [0.15, 0.2) is 5.71 Å². The average Bonchev–Trinajstić information content (AvgIpc) is 2.85. The lowest BCUT2D eigenvalue weighted by molar-refractivity contribution is -0.148. The molecule has 0 heterocycles. The van der Waals surface area contributed by atoms with Crippen molar-refractivity contribution in [2.75, 3.05) is 6.61 Å². The van der Waals surface area contributed by atoms with Crippen molar-refractivity contribution in [3.63, 3.8) is 0 Å². The number of Topliss-reactive ketones (excluding diaryl/α,β-unsaturated/α-hetero) is 1. The average molecular weight is 459 g/mol. The molecule has 0 aliphatic heterocycles. The van der Waals surface area contributed by atoms with E-state index in [0.717, 1.165) is 16.7 Å². The number of carboxylic acid groups (broad SMARTS) is 2. The summed E-state index contributed by atoms with van der Waals surface area (Å²) in [4.78, 5) is 37.1. The molecule has 3 rings (SSSR count). The van der Waals surface area contributed by atoms with Crippen molar-refractivity contribution < 1.29 is 29.4 Å². The summed E-state index contributed by atoms with van der Waals surface area (Å²) in [5.74, 6) is -3.23. The van der Waals surface area contributed by atoms with Crippen molar-refractivity contribution in [1.82, 2.24) is 0 Å². The summed E-state index contributed by atoms with van der Waals surface area (Å²) >= 11 is 0. The fraction of sp³-hybridized carbons (Fsp3) is 0.111. The monoisotopic (exact) mass is 459 g/mol. The highest BCUT2D eigenvalue weighted by atomic mass is 16.6. The van der Waals surface area contributed by atoms with Gasteiger partial charge in [-0.25, -0.2) is 9.59 Å². The molecule has 0 saturated heterocycles. The molecular weight excluding hydrogens is 434 g/mol. The maximum absolute atomic E-state index is 11.2. The van der Waals surface area contributed by atoms with E-state index < -0.39 is 17.7 Å². The summed E-state index contributed by atoms with van der Waals surface area (Å²) in [6.07, 6.45) is 3.89. The molecule has 0 unspecified atom stereocenters. The SMILES string of the molecule is O=C(O)C(=O)Cc1ccccc1.O=C(O)C(Cc1ccccc1)=NOCC=Cc1ccccc1. The highest BCUT2D eigenvalue weighted by Crippen LogP contribution is 2.03. The van der Waals surface area contributed by atoms with Gasteiger partial charge >= 0.3 is 11.9 Å². The van der Waals surface area contributed by atoms with Gasteiger partial charge in [0.05, 0.1) is 0 Å². The summed E-state index contributed by atoms with van der Waals surface area (Å²) in [5.41, 5.74) is 2.65. The molecule has 3 aromatic rings. The number of oxime groups is 1. The molecule has 0 atom stereocenters. The van der Waals surface area contributed by atoms with E-state index in [0.29, 0.717) is 0 Å². The van der Waals surface area contributed by atoms with Gasteiger partial charge in [-0.1, -0.05) is 102 Å². The van der Waals surface area contributed by atoms with Crippen molar-refractivity contribution >= 4 is 29.5 Å². The van der Waals surface area contributed by atoms with Crippen LogP contribution < -0.4 is 0 Å². The van der Waals surface area contributed by atoms with E-state index in [1.165, 1.54) is 0 Å². The second kappa shape index (κ2) is 14.5. The molecular formula is C27H25NO6. The molecule has 0 aliphatic carbocycles.